The van der Waals surface area contributed by atoms with E-state index in [1.807, 2.05) is 68.4 Å². The molecule has 1 heterocycles. The minimum atomic E-state index is -0.597. The van der Waals surface area contributed by atoms with Gasteiger partial charge < -0.3 is 30.9 Å². The molecule has 1 atom stereocenters. The van der Waals surface area contributed by atoms with Crippen LogP contribution in [0, 0.1) is 0 Å². The SMILES string of the molecule is CCOc1cc2ncc(C(N)=O)c(Nc3cccc(CNCC(O)c4ccccc4)c3CC)c2cc1OCC. The summed E-state index contributed by atoms with van der Waals surface area (Å²) in [6.07, 6.45) is 1.65. The Bertz CT molecular complexity index is 1430. The molecule has 0 aliphatic carbocycles. The fourth-order valence-electron chi connectivity index (χ4n) is 4.66. The van der Waals surface area contributed by atoms with Gasteiger partial charge in [-0.2, -0.15) is 0 Å². The number of carbonyl (C=O) groups is 1. The van der Waals surface area contributed by atoms with Gasteiger partial charge in [0.2, 0.25) is 0 Å². The van der Waals surface area contributed by atoms with Crippen LogP contribution < -0.4 is 25.8 Å². The molecule has 0 aliphatic rings. The number of nitrogens with zero attached hydrogens (tertiary/aromatic N) is 1. The second-order valence-electron chi connectivity index (χ2n) is 9.07. The van der Waals surface area contributed by atoms with Crippen LogP contribution in [-0.4, -0.2) is 35.8 Å². The number of aliphatic hydroxyl groups excluding tert-OH is 1. The summed E-state index contributed by atoms with van der Waals surface area (Å²) in [4.78, 5) is 16.9. The van der Waals surface area contributed by atoms with E-state index in [4.69, 9.17) is 15.2 Å². The number of aliphatic hydroxyl groups is 1. The number of aromatic nitrogens is 1. The van der Waals surface area contributed by atoms with Crippen LogP contribution in [0.25, 0.3) is 10.9 Å². The first kappa shape index (κ1) is 27.9. The molecule has 0 bridgehead atoms. The average Bonchev–Trinajstić information content (AvgIpc) is 2.94. The molecule has 3 aromatic carbocycles. The van der Waals surface area contributed by atoms with Crippen molar-refractivity contribution in [2.45, 2.75) is 39.8 Å². The van der Waals surface area contributed by atoms with Gasteiger partial charge in [-0.15, -0.1) is 0 Å². The van der Waals surface area contributed by atoms with Crippen molar-refractivity contribution in [1.29, 1.82) is 0 Å². The monoisotopic (exact) mass is 528 g/mol. The van der Waals surface area contributed by atoms with Crippen LogP contribution in [0.5, 0.6) is 11.5 Å². The van der Waals surface area contributed by atoms with E-state index in [-0.39, 0.29) is 5.56 Å². The molecule has 0 fully saturated rings. The quantitative estimate of drug-likeness (QED) is 0.187. The molecule has 4 aromatic rings. The van der Waals surface area contributed by atoms with E-state index in [9.17, 15) is 9.90 Å². The van der Waals surface area contributed by atoms with E-state index in [1.54, 1.807) is 0 Å². The van der Waals surface area contributed by atoms with Crippen LogP contribution in [0.2, 0.25) is 0 Å². The zero-order chi connectivity index (χ0) is 27.8. The highest BCUT2D eigenvalue weighted by molar-refractivity contribution is 6.08. The smallest absolute Gasteiger partial charge is 0.252 e. The summed E-state index contributed by atoms with van der Waals surface area (Å²) >= 11 is 0. The zero-order valence-corrected chi connectivity index (χ0v) is 22.7. The largest absolute Gasteiger partial charge is 0.490 e. The Morgan fingerprint density at radius 3 is 2.38 bits per heavy atom. The Kier molecular flexibility index (Phi) is 9.35. The Morgan fingerprint density at radius 1 is 1.00 bits per heavy atom. The summed E-state index contributed by atoms with van der Waals surface area (Å²) in [5, 5.41) is 18.1. The lowest BCUT2D eigenvalue weighted by Gasteiger charge is -2.20. The molecule has 0 saturated carbocycles. The third-order valence-corrected chi connectivity index (χ3v) is 6.52. The van der Waals surface area contributed by atoms with Gasteiger partial charge in [-0.25, -0.2) is 0 Å². The number of hydrogen-bond acceptors (Lipinski definition) is 7. The molecular weight excluding hydrogens is 492 g/mol. The topological polar surface area (TPSA) is 119 Å². The fraction of sp³-hybridized carbons (Fsp3) is 0.290. The number of nitrogens with one attached hydrogen (secondary N) is 2. The van der Waals surface area contributed by atoms with Gasteiger partial charge in [0, 0.05) is 36.4 Å². The van der Waals surface area contributed by atoms with Gasteiger partial charge in [-0.3, -0.25) is 9.78 Å². The number of pyridine rings is 1. The van der Waals surface area contributed by atoms with Crippen LogP contribution >= 0.6 is 0 Å². The second kappa shape index (κ2) is 13.1. The predicted octanol–water partition coefficient (Wildman–Crippen LogP) is 5.26. The van der Waals surface area contributed by atoms with Crippen molar-refractivity contribution in [2.24, 2.45) is 5.73 Å². The third kappa shape index (κ3) is 6.47. The van der Waals surface area contributed by atoms with Crippen molar-refractivity contribution in [3.63, 3.8) is 0 Å². The van der Waals surface area contributed by atoms with Crippen molar-refractivity contribution in [3.8, 4) is 11.5 Å². The summed E-state index contributed by atoms with van der Waals surface area (Å²) < 4.78 is 11.6. The predicted molar refractivity (Wildman–Crippen MR) is 155 cm³/mol. The van der Waals surface area contributed by atoms with Crippen LogP contribution in [0.4, 0.5) is 11.4 Å². The Balaban J connectivity index is 1.67. The number of primary amides is 1. The summed E-state index contributed by atoms with van der Waals surface area (Å²) in [7, 11) is 0. The van der Waals surface area contributed by atoms with Crippen LogP contribution in [0.3, 0.4) is 0 Å². The Morgan fingerprint density at radius 2 is 1.72 bits per heavy atom. The maximum Gasteiger partial charge on any atom is 0.252 e. The lowest BCUT2D eigenvalue weighted by molar-refractivity contribution is 0.100. The molecule has 39 heavy (non-hydrogen) atoms. The average molecular weight is 529 g/mol. The van der Waals surface area contributed by atoms with Crippen molar-refractivity contribution in [3.05, 3.63) is 89.1 Å². The summed E-state index contributed by atoms with van der Waals surface area (Å²) in [6, 6.07) is 19.3. The minimum absolute atomic E-state index is 0.283. The second-order valence-corrected chi connectivity index (χ2v) is 9.07. The minimum Gasteiger partial charge on any atom is -0.490 e. The maximum atomic E-state index is 12.4. The number of rotatable bonds is 13. The molecule has 8 heteroatoms. The Labute approximate surface area is 229 Å². The van der Waals surface area contributed by atoms with Crippen LogP contribution in [0.1, 0.15) is 53.9 Å². The van der Waals surface area contributed by atoms with E-state index in [2.05, 4.69) is 28.6 Å². The summed E-state index contributed by atoms with van der Waals surface area (Å²) in [5.74, 6) is 0.589. The van der Waals surface area contributed by atoms with Gasteiger partial charge in [0.15, 0.2) is 11.5 Å². The number of nitrogens with two attached hydrogens (primary N) is 1. The highest BCUT2D eigenvalue weighted by Gasteiger charge is 2.19. The number of hydrogen-bond donors (Lipinski definition) is 4. The molecule has 1 amide bonds. The molecule has 5 N–H and O–H groups in total. The highest BCUT2D eigenvalue weighted by Crippen LogP contribution is 2.38. The highest BCUT2D eigenvalue weighted by atomic mass is 16.5. The van der Waals surface area contributed by atoms with Gasteiger partial charge in [0.25, 0.3) is 5.91 Å². The van der Waals surface area contributed by atoms with E-state index in [0.717, 1.165) is 28.8 Å². The van der Waals surface area contributed by atoms with Crippen LogP contribution in [-0.2, 0) is 13.0 Å². The van der Waals surface area contributed by atoms with E-state index in [1.165, 1.54) is 6.20 Å². The number of anilines is 2. The zero-order valence-electron chi connectivity index (χ0n) is 22.7. The normalized spacial score (nSPS) is 11.8. The molecular formula is C31H36N4O4. The maximum absolute atomic E-state index is 12.4. The number of carbonyl (C=O) groups excluding carboxylic acids is 1. The fourth-order valence-corrected chi connectivity index (χ4v) is 4.66. The molecule has 0 spiro atoms. The first-order valence-electron chi connectivity index (χ1n) is 13.3. The van der Waals surface area contributed by atoms with Gasteiger partial charge in [0.05, 0.1) is 36.1 Å². The number of amides is 1. The van der Waals surface area contributed by atoms with Crippen LogP contribution in [0.15, 0.2) is 66.9 Å². The molecule has 8 nitrogen and oxygen atoms in total. The molecule has 0 radical (unpaired) electrons. The summed E-state index contributed by atoms with van der Waals surface area (Å²) in [5.41, 5.74) is 11.2. The first-order chi connectivity index (χ1) is 19.0. The van der Waals surface area contributed by atoms with E-state index in [0.29, 0.717) is 54.4 Å². The van der Waals surface area contributed by atoms with Crippen molar-refractivity contribution < 1.29 is 19.4 Å². The van der Waals surface area contributed by atoms with Crippen molar-refractivity contribution in [2.75, 3.05) is 25.1 Å². The molecule has 1 unspecified atom stereocenters. The van der Waals surface area contributed by atoms with E-state index >= 15 is 0 Å². The molecule has 0 aliphatic heterocycles. The van der Waals surface area contributed by atoms with Gasteiger partial charge in [-0.1, -0.05) is 49.4 Å². The number of fused-ring (bicyclic) bond motifs is 1. The molecule has 0 saturated heterocycles. The van der Waals surface area contributed by atoms with Gasteiger partial charge in [-0.05, 0) is 49.1 Å². The third-order valence-electron chi connectivity index (χ3n) is 6.52. The van der Waals surface area contributed by atoms with Gasteiger partial charge in [0.1, 0.15) is 0 Å². The Hall–Kier alpha value is -4.14. The lowest BCUT2D eigenvalue weighted by Crippen LogP contribution is -2.22. The lowest BCUT2D eigenvalue weighted by atomic mass is 10.0. The summed E-state index contributed by atoms with van der Waals surface area (Å²) in [6.45, 7) is 7.85. The molecule has 4 rings (SSSR count). The first-order valence-corrected chi connectivity index (χ1v) is 13.3. The number of ether oxygens (including phenoxy) is 2. The van der Waals surface area contributed by atoms with Crippen molar-refractivity contribution >= 4 is 28.2 Å². The van der Waals surface area contributed by atoms with Crippen molar-refractivity contribution in [1.82, 2.24) is 10.3 Å². The van der Waals surface area contributed by atoms with E-state index < -0.39 is 12.0 Å². The molecule has 204 valence electrons. The molecule has 1 aromatic heterocycles. The standard InChI is InChI=1S/C31H36N4O4/c1-4-22-21(17-33-19-27(36)20-11-8-7-9-12-20)13-10-14-25(22)35-30-23-15-28(38-5-2)29(39-6-3)16-26(23)34-18-24(30)31(32)37/h7-16,18,27,33,36H,4-6,17,19H2,1-3H3,(H2,32,37)(H,34,35). The number of benzene rings is 3. The van der Waals surface area contributed by atoms with Gasteiger partial charge >= 0.3 is 0 Å².